The first kappa shape index (κ1) is 13.2. The highest BCUT2D eigenvalue weighted by atomic mass is 16.2. The molecule has 2 unspecified atom stereocenters. The van der Waals surface area contributed by atoms with Gasteiger partial charge in [0.15, 0.2) is 0 Å². The average Bonchev–Trinajstić information content (AvgIpc) is 3.02. The van der Waals surface area contributed by atoms with Gasteiger partial charge in [0.05, 0.1) is 6.54 Å². The first-order valence-electron chi connectivity index (χ1n) is 8.08. The van der Waals surface area contributed by atoms with Gasteiger partial charge in [0, 0.05) is 18.4 Å². The molecule has 0 bridgehead atoms. The number of aryl methyl sites for hydroxylation is 2. The molecule has 114 valence electrons. The summed E-state index contributed by atoms with van der Waals surface area (Å²) in [7, 11) is 0. The molecule has 3 heterocycles. The molecule has 0 aromatic carbocycles. The molecule has 2 N–H and O–H groups in total. The molecule has 2 atom stereocenters. The number of rotatable bonds is 2. The molecule has 2 fully saturated rings. The van der Waals surface area contributed by atoms with E-state index < -0.39 is 0 Å². The monoisotopic (exact) mass is 289 g/mol. The third-order valence-electron chi connectivity index (χ3n) is 5.42. The summed E-state index contributed by atoms with van der Waals surface area (Å²) in [6.45, 7) is 4.82. The molecule has 3 aliphatic rings. The standard InChI is InChI=1S/C15H23N5O/c1-10-17-13-3-2-11(9-20(13)19-10)18-14(21)12-8-15(12)4-6-16-7-5-15/h11-12,16H,2-9H2,1H3,(H,18,21). The number of hydrogen-bond acceptors (Lipinski definition) is 4. The second kappa shape index (κ2) is 4.80. The van der Waals surface area contributed by atoms with Crippen LogP contribution in [0, 0.1) is 18.3 Å². The van der Waals surface area contributed by atoms with Crippen LogP contribution in [0.1, 0.15) is 37.3 Å². The van der Waals surface area contributed by atoms with Crippen LogP contribution >= 0.6 is 0 Å². The average molecular weight is 289 g/mol. The highest BCUT2D eigenvalue weighted by Gasteiger charge is 2.57. The van der Waals surface area contributed by atoms with E-state index in [9.17, 15) is 4.79 Å². The molecule has 6 heteroatoms. The van der Waals surface area contributed by atoms with E-state index in [0.29, 0.717) is 5.41 Å². The van der Waals surface area contributed by atoms with E-state index in [4.69, 9.17) is 0 Å². The van der Waals surface area contributed by atoms with Crippen molar-refractivity contribution < 1.29 is 4.79 Å². The lowest BCUT2D eigenvalue weighted by Gasteiger charge is -2.26. The predicted octanol–water partition coefficient (Wildman–Crippen LogP) is 0.407. The Hall–Kier alpha value is -1.43. The van der Waals surface area contributed by atoms with Crippen LogP contribution in [0.5, 0.6) is 0 Å². The van der Waals surface area contributed by atoms with Gasteiger partial charge < -0.3 is 10.6 Å². The van der Waals surface area contributed by atoms with Crippen molar-refractivity contribution in [2.75, 3.05) is 13.1 Å². The van der Waals surface area contributed by atoms with E-state index in [-0.39, 0.29) is 17.9 Å². The number of carbonyl (C=O) groups excluding carboxylic acids is 1. The Kier molecular flexibility index (Phi) is 3.03. The van der Waals surface area contributed by atoms with Crippen LogP contribution in [-0.4, -0.2) is 39.8 Å². The summed E-state index contributed by atoms with van der Waals surface area (Å²) in [5.41, 5.74) is 0.318. The van der Waals surface area contributed by atoms with Gasteiger partial charge in [0.1, 0.15) is 11.6 Å². The summed E-state index contributed by atoms with van der Waals surface area (Å²) < 4.78 is 1.96. The third-order valence-corrected chi connectivity index (χ3v) is 5.42. The molecule has 1 amide bonds. The van der Waals surface area contributed by atoms with Crippen molar-refractivity contribution in [3.63, 3.8) is 0 Å². The summed E-state index contributed by atoms with van der Waals surface area (Å²) in [6.07, 6.45) is 5.28. The lowest BCUT2D eigenvalue weighted by molar-refractivity contribution is -0.124. The minimum absolute atomic E-state index is 0.213. The fraction of sp³-hybridized carbons (Fsp3) is 0.800. The Morgan fingerprint density at radius 2 is 2.24 bits per heavy atom. The maximum Gasteiger partial charge on any atom is 0.223 e. The van der Waals surface area contributed by atoms with Crippen molar-refractivity contribution in [2.24, 2.45) is 11.3 Å². The van der Waals surface area contributed by atoms with Gasteiger partial charge in [-0.25, -0.2) is 9.67 Å². The Balaban J connectivity index is 1.36. The number of aromatic nitrogens is 3. The van der Waals surface area contributed by atoms with Gasteiger partial charge in [0.2, 0.25) is 5.91 Å². The van der Waals surface area contributed by atoms with E-state index in [1.165, 1.54) is 0 Å². The van der Waals surface area contributed by atoms with Gasteiger partial charge in [0.25, 0.3) is 0 Å². The highest BCUT2D eigenvalue weighted by Crippen LogP contribution is 2.58. The van der Waals surface area contributed by atoms with Gasteiger partial charge in [-0.2, -0.15) is 5.10 Å². The van der Waals surface area contributed by atoms with Crippen molar-refractivity contribution in [3.8, 4) is 0 Å². The van der Waals surface area contributed by atoms with E-state index in [1.807, 2.05) is 11.6 Å². The summed E-state index contributed by atoms with van der Waals surface area (Å²) >= 11 is 0. The largest absolute Gasteiger partial charge is 0.351 e. The Morgan fingerprint density at radius 3 is 3.05 bits per heavy atom. The van der Waals surface area contributed by atoms with Gasteiger partial charge >= 0.3 is 0 Å². The topological polar surface area (TPSA) is 71.8 Å². The number of amides is 1. The summed E-state index contributed by atoms with van der Waals surface area (Å²) in [6, 6.07) is 0.213. The smallest absolute Gasteiger partial charge is 0.223 e. The van der Waals surface area contributed by atoms with Crippen molar-refractivity contribution in [3.05, 3.63) is 11.6 Å². The van der Waals surface area contributed by atoms with Crippen molar-refractivity contribution in [1.29, 1.82) is 0 Å². The highest BCUT2D eigenvalue weighted by molar-refractivity contribution is 5.82. The quantitative estimate of drug-likeness (QED) is 0.827. The molecule has 1 aromatic heterocycles. The van der Waals surface area contributed by atoms with E-state index >= 15 is 0 Å². The van der Waals surface area contributed by atoms with E-state index in [2.05, 4.69) is 20.7 Å². The van der Waals surface area contributed by atoms with Crippen molar-refractivity contribution in [2.45, 2.75) is 51.6 Å². The molecule has 1 saturated heterocycles. The second-order valence-corrected chi connectivity index (χ2v) is 6.87. The lowest BCUT2D eigenvalue weighted by Crippen LogP contribution is -2.43. The normalized spacial score (nSPS) is 30.0. The van der Waals surface area contributed by atoms with Crippen molar-refractivity contribution >= 4 is 5.91 Å². The molecule has 1 aliphatic carbocycles. The first-order chi connectivity index (χ1) is 10.2. The van der Waals surface area contributed by atoms with E-state index in [1.54, 1.807) is 0 Å². The Bertz CT molecular complexity index is 560. The van der Waals surface area contributed by atoms with Crippen LogP contribution in [0.15, 0.2) is 0 Å². The molecule has 1 spiro atoms. The number of nitrogens with one attached hydrogen (secondary N) is 2. The zero-order valence-corrected chi connectivity index (χ0v) is 12.6. The molecule has 1 aromatic rings. The molecule has 4 rings (SSSR count). The molecule has 6 nitrogen and oxygen atoms in total. The predicted molar refractivity (Wildman–Crippen MR) is 77.7 cm³/mol. The Morgan fingerprint density at radius 1 is 1.43 bits per heavy atom. The second-order valence-electron chi connectivity index (χ2n) is 6.87. The number of fused-ring (bicyclic) bond motifs is 1. The van der Waals surface area contributed by atoms with Crippen LogP contribution in [0.25, 0.3) is 0 Å². The summed E-state index contributed by atoms with van der Waals surface area (Å²) in [5.74, 6) is 2.40. The fourth-order valence-corrected chi connectivity index (χ4v) is 4.05. The minimum Gasteiger partial charge on any atom is -0.351 e. The first-order valence-corrected chi connectivity index (χ1v) is 8.08. The minimum atomic E-state index is 0.213. The molecule has 1 saturated carbocycles. The molecule has 21 heavy (non-hydrogen) atoms. The molecule has 2 aliphatic heterocycles. The van der Waals surface area contributed by atoms with Crippen LogP contribution in [0.2, 0.25) is 0 Å². The number of carbonyl (C=O) groups is 1. The van der Waals surface area contributed by atoms with Gasteiger partial charge in [-0.15, -0.1) is 0 Å². The van der Waals surface area contributed by atoms with Gasteiger partial charge in [-0.1, -0.05) is 0 Å². The SMILES string of the molecule is Cc1nc2n(n1)CC(NC(=O)C1CC13CCNCC3)CC2. The van der Waals surface area contributed by atoms with Gasteiger partial charge in [-0.3, -0.25) is 4.79 Å². The van der Waals surface area contributed by atoms with Crippen molar-refractivity contribution in [1.82, 2.24) is 25.4 Å². The fourth-order valence-electron chi connectivity index (χ4n) is 4.05. The maximum absolute atomic E-state index is 12.5. The van der Waals surface area contributed by atoms with Crippen LogP contribution in [-0.2, 0) is 17.8 Å². The molecular weight excluding hydrogens is 266 g/mol. The Labute approximate surface area is 124 Å². The van der Waals surface area contributed by atoms with Crippen LogP contribution < -0.4 is 10.6 Å². The van der Waals surface area contributed by atoms with Gasteiger partial charge in [-0.05, 0) is 51.1 Å². The molecular formula is C15H23N5O. The summed E-state index contributed by atoms with van der Waals surface area (Å²) in [4.78, 5) is 16.9. The zero-order valence-electron chi connectivity index (χ0n) is 12.6. The van der Waals surface area contributed by atoms with Crippen LogP contribution in [0.3, 0.4) is 0 Å². The lowest BCUT2D eigenvalue weighted by atomic mass is 9.91. The van der Waals surface area contributed by atoms with E-state index in [0.717, 1.165) is 63.4 Å². The van der Waals surface area contributed by atoms with Crippen LogP contribution in [0.4, 0.5) is 0 Å². The molecule has 0 radical (unpaired) electrons. The third kappa shape index (κ3) is 2.35. The maximum atomic E-state index is 12.5. The number of piperidine rings is 1. The zero-order chi connectivity index (χ0) is 14.4. The summed E-state index contributed by atoms with van der Waals surface area (Å²) in [5, 5.41) is 11.0. The number of hydrogen-bond donors (Lipinski definition) is 2. The number of nitrogens with zero attached hydrogens (tertiary/aromatic N) is 3.